The number of aryl methyl sites for hydroxylation is 1. The summed E-state index contributed by atoms with van der Waals surface area (Å²) in [6.07, 6.45) is 7.63. The summed E-state index contributed by atoms with van der Waals surface area (Å²) in [6, 6.07) is 8.74. The average molecular weight is 298 g/mol. The number of benzene rings is 1. The Morgan fingerprint density at radius 2 is 1.90 bits per heavy atom. The third-order valence-corrected chi connectivity index (χ3v) is 4.20. The number of allylic oxidation sites excluding steroid dienone is 3. The highest BCUT2D eigenvalue weighted by Crippen LogP contribution is 2.23. The molecule has 1 heteroatoms. The van der Waals surface area contributed by atoms with Crippen molar-refractivity contribution in [3.63, 3.8) is 0 Å². The van der Waals surface area contributed by atoms with Crippen LogP contribution in [0.4, 0.5) is 0 Å². The van der Waals surface area contributed by atoms with E-state index in [0.29, 0.717) is 0 Å². The summed E-state index contributed by atoms with van der Waals surface area (Å²) in [5, 5.41) is 0. The van der Waals surface area contributed by atoms with Crippen LogP contribution < -0.4 is 0 Å². The minimum Gasteiger partial charge on any atom is -0.0985 e. The fraction of sp³-hybridized carbons (Fsp3) is 0.350. The lowest BCUT2D eigenvalue weighted by molar-refractivity contribution is 0.795. The van der Waals surface area contributed by atoms with Gasteiger partial charge in [0.1, 0.15) is 0 Å². The normalized spacial score (nSPS) is 12.8. The molecule has 1 unspecified atom stereocenters. The Bertz CT molecular complexity index is 531. The number of thiocarbonyl (C=S) groups is 1. The van der Waals surface area contributed by atoms with Gasteiger partial charge < -0.3 is 0 Å². The second kappa shape index (κ2) is 8.74. The molecule has 0 aliphatic rings. The lowest BCUT2D eigenvalue weighted by atomic mass is 9.91. The molecule has 0 aliphatic carbocycles. The molecular formula is C20H26S. The van der Waals surface area contributed by atoms with E-state index in [1.54, 1.807) is 0 Å². The molecule has 0 radical (unpaired) electrons. The molecule has 1 aromatic carbocycles. The van der Waals surface area contributed by atoms with Gasteiger partial charge in [-0.05, 0) is 53.0 Å². The first-order chi connectivity index (χ1) is 9.99. The Hall–Kier alpha value is -1.47. The lowest BCUT2D eigenvalue weighted by Crippen LogP contribution is -2.07. The monoisotopic (exact) mass is 298 g/mol. The van der Waals surface area contributed by atoms with Gasteiger partial charge in [-0.15, -0.1) is 0 Å². The van der Waals surface area contributed by atoms with E-state index in [1.807, 2.05) is 13.0 Å². The quantitative estimate of drug-likeness (QED) is 0.408. The zero-order valence-corrected chi connectivity index (χ0v) is 14.3. The Labute approximate surface area is 135 Å². The van der Waals surface area contributed by atoms with Gasteiger partial charge in [-0.1, -0.05) is 76.0 Å². The molecule has 0 amide bonds. The zero-order chi connectivity index (χ0) is 15.8. The van der Waals surface area contributed by atoms with E-state index in [9.17, 15) is 0 Å². The predicted molar refractivity (Wildman–Crippen MR) is 99.8 cm³/mol. The Morgan fingerprint density at radius 3 is 2.38 bits per heavy atom. The van der Waals surface area contributed by atoms with Crippen molar-refractivity contribution in [1.29, 1.82) is 0 Å². The van der Waals surface area contributed by atoms with Gasteiger partial charge in [0, 0.05) is 5.92 Å². The van der Waals surface area contributed by atoms with Crippen LogP contribution >= 0.6 is 12.2 Å². The maximum Gasteiger partial charge on any atom is 0.0122 e. The second-order valence-electron chi connectivity index (χ2n) is 5.51. The topological polar surface area (TPSA) is 0 Å². The van der Waals surface area contributed by atoms with Gasteiger partial charge in [0.15, 0.2) is 0 Å². The number of hydrogen-bond acceptors (Lipinski definition) is 1. The molecule has 1 aromatic rings. The molecule has 0 heterocycles. The van der Waals surface area contributed by atoms with E-state index in [2.05, 4.69) is 57.3 Å². The van der Waals surface area contributed by atoms with Crippen LogP contribution in [0.2, 0.25) is 0 Å². The van der Waals surface area contributed by atoms with Gasteiger partial charge in [0.05, 0.1) is 0 Å². The summed E-state index contributed by atoms with van der Waals surface area (Å²) >= 11 is 5.26. The van der Waals surface area contributed by atoms with E-state index in [-0.39, 0.29) is 5.92 Å². The van der Waals surface area contributed by atoms with Crippen molar-refractivity contribution in [1.82, 2.24) is 0 Å². The minimum atomic E-state index is 0.202. The van der Waals surface area contributed by atoms with Gasteiger partial charge in [0.25, 0.3) is 0 Å². The fourth-order valence-corrected chi connectivity index (χ4v) is 2.26. The van der Waals surface area contributed by atoms with Crippen LogP contribution in [0, 0.1) is 5.92 Å². The highest BCUT2D eigenvalue weighted by molar-refractivity contribution is 7.80. The molecule has 0 N–H and O–H groups in total. The molecule has 0 saturated heterocycles. The average Bonchev–Trinajstić information content (AvgIpc) is 2.50. The van der Waals surface area contributed by atoms with E-state index in [0.717, 1.165) is 22.4 Å². The van der Waals surface area contributed by atoms with E-state index < -0.39 is 0 Å². The fourth-order valence-electron chi connectivity index (χ4n) is 2.12. The van der Waals surface area contributed by atoms with Crippen molar-refractivity contribution in [3.8, 4) is 0 Å². The van der Waals surface area contributed by atoms with Crippen molar-refractivity contribution in [2.75, 3.05) is 0 Å². The van der Waals surface area contributed by atoms with Crippen molar-refractivity contribution < 1.29 is 0 Å². The molecule has 0 nitrogen and oxygen atoms in total. The molecule has 0 fully saturated rings. The molecule has 1 rings (SSSR count). The van der Waals surface area contributed by atoms with Gasteiger partial charge in [-0.2, -0.15) is 0 Å². The van der Waals surface area contributed by atoms with Crippen LogP contribution in [0.1, 0.15) is 44.7 Å². The number of hydrogen-bond donors (Lipinski definition) is 0. The van der Waals surface area contributed by atoms with Crippen molar-refractivity contribution >= 4 is 23.2 Å². The van der Waals surface area contributed by atoms with Crippen molar-refractivity contribution in [2.24, 2.45) is 5.92 Å². The first kappa shape index (κ1) is 17.6. The first-order valence-corrected chi connectivity index (χ1v) is 8.03. The van der Waals surface area contributed by atoms with Crippen molar-refractivity contribution in [2.45, 2.75) is 40.0 Å². The molecule has 0 bridgehead atoms. The molecular weight excluding hydrogens is 272 g/mol. The van der Waals surface area contributed by atoms with E-state index >= 15 is 0 Å². The third-order valence-electron chi connectivity index (χ3n) is 3.84. The molecule has 0 spiro atoms. The summed E-state index contributed by atoms with van der Waals surface area (Å²) in [5.41, 5.74) is 4.68. The predicted octanol–water partition coefficient (Wildman–Crippen LogP) is 6.18. The Balaban J connectivity index is 2.90. The highest BCUT2D eigenvalue weighted by Gasteiger charge is 2.11. The Kier molecular flexibility index (Phi) is 7.31. The van der Waals surface area contributed by atoms with Crippen LogP contribution in [0.3, 0.4) is 0 Å². The maximum atomic E-state index is 5.26. The van der Waals surface area contributed by atoms with Crippen LogP contribution in [0.15, 0.2) is 54.6 Å². The number of rotatable bonds is 8. The van der Waals surface area contributed by atoms with E-state index in [1.165, 1.54) is 24.0 Å². The summed E-state index contributed by atoms with van der Waals surface area (Å²) in [5.74, 6) is 0.202. The lowest BCUT2D eigenvalue weighted by Gasteiger charge is -2.14. The van der Waals surface area contributed by atoms with Crippen LogP contribution in [-0.2, 0) is 6.42 Å². The SMILES string of the molecule is C=C/C(=C\c1ccc(CCCC)cc1)C(=C)C(C)C(C)=S. The minimum absolute atomic E-state index is 0.202. The standard InChI is InChI=1S/C20H26S/c1-6-8-9-18-10-12-19(13-11-18)14-20(7-2)16(4)15(3)17(5)21/h7,10-15H,2,4,6,8-9H2,1,3,5H3/b20-14+. The highest BCUT2D eigenvalue weighted by atomic mass is 32.1. The van der Waals surface area contributed by atoms with Gasteiger partial charge in [-0.25, -0.2) is 0 Å². The second-order valence-corrected chi connectivity index (χ2v) is 6.15. The summed E-state index contributed by atoms with van der Waals surface area (Å²) < 4.78 is 0. The van der Waals surface area contributed by atoms with Crippen LogP contribution in [0.25, 0.3) is 6.08 Å². The summed E-state index contributed by atoms with van der Waals surface area (Å²) in [4.78, 5) is 0.961. The largest absolute Gasteiger partial charge is 0.0985 e. The molecule has 0 aromatic heterocycles. The first-order valence-electron chi connectivity index (χ1n) is 7.62. The summed E-state index contributed by atoms with van der Waals surface area (Å²) in [6.45, 7) is 14.4. The maximum absolute atomic E-state index is 5.26. The molecule has 112 valence electrons. The van der Waals surface area contributed by atoms with E-state index in [4.69, 9.17) is 12.2 Å². The van der Waals surface area contributed by atoms with Crippen LogP contribution in [-0.4, -0.2) is 4.86 Å². The number of unbranched alkanes of at least 4 members (excludes halogenated alkanes) is 1. The van der Waals surface area contributed by atoms with Gasteiger partial charge in [0.2, 0.25) is 0 Å². The van der Waals surface area contributed by atoms with Crippen LogP contribution in [0.5, 0.6) is 0 Å². The van der Waals surface area contributed by atoms with Gasteiger partial charge in [-0.3, -0.25) is 0 Å². The molecule has 0 saturated carbocycles. The summed E-state index contributed by atoms with van der Waals surface area (Å²) in [7, 11) is 0. The van der Waals surface area contributed by atoms with Gasteiger partial charge >= 0.3 is 0 Å². The smallest absolute Gasteiger partial charge is 0.0122 e. The zero-order valence-electron chi connectivity index (χ0n) is 13.5. The third kappa shape index (κ3) is 5.43. The molecule has 1 atom stereocenters. The van der Waals surface area contributed by atoms with Crippen molar-refractivity contribution in [3.05, 3.63) is 65.8 Å². The Morgan fingerprint density at radius 1 is 1.29 bits per heavy atom. The molecule has 0 aliphatic heterocycles. The molecule has 21 heavy (non-hydrogen) atoms.